The first-order valence-corrected chi connectivity index (χ1v) is 47.3. The van der Waals surface area contributed by atoms with Crippen molar-refractivity contribution >= 4 is 189 Å². The van der Waals surface area contributed by atoms with E-state index in [9.17, 15) is 70.9 Å². The van der Waals surface area contributed by atoms with Gasteiger partial charge in [0.1, 0.15) is 51.8 Å². The van der Waals surface area contributed by atoms with Crippen molar-refractivity contribution in [3.05, 3.63) is 255 Å². The molecular formula is C99H90Cl9F6N21O6. The number of halogens is 15. The third kappa shape index (κ3) is 18.4. The van der Waals surface area contributed by atoms with Crippen molar-refractivity contribution in [2.24, 2.45) is 0 Å². The predicted octanol–water partition coefficient (Wildman–Crippen LogP) is 21.6. The fourth-order valence-corrected chi connectivity index (χ4v) is 21.3. The zero-order chi connectivity index (χ0) is 104. The van der Waals surface area contributed by atoms with Crippen molar-refractivity contribution in [2.45, 2.75) is 158 Å². The number of nitrogen functional groups attached to an aromatic ring is 3. The second-order valence-electron chi connectivity index (χ2n) is 35.3. The average Bonchev–Trinajstić information content (AvgIpc) is 0.725. The van der Waals surface area contributed by atoms with Crippen LogP contribution >= 0.6 is 104 Å². The van der Waals surface area contributed by atoms with Gasteiger partial charge in [-0.1, -0.05) is 166 Å². The van der Waals surface area contributed by atoms with E-state index in [0.717, 1.165) is 0 Å². The molecular weight excluding hydrogens is 2010 g/mol. The number of benzene rings is 3. The number of hydrogen-bond donors (Lipinski definition) is 3. The molecule has 15 rings (SSSR count). The summed E-state index contributed by atoms with van der Waals surface area (Å²) in [6, 6.07) is 13.9. The molecule has 12 heterocycles. The molecule has 3 saturated heterocycles. The first kappa shape index (κ1) is 106. The van der Waals surface area contributed by atoms with E-state index >= 15 is 0 Å². The molecule has 3 amide bonds. The van der Waals surface area contributed by atoms with Crippen molar-refractivity contribution in [1.29, 1.82) is 15.8 Å². The van der Waals surface area contributed by atoms with Crippen LogP contribution in [0.2, 0.25) is 45.2 Å². The quantitative estimate of drug-likeness (QED) is 0.0282. The minimum Gasteiger partial charge on any atom is -0.395 e. The van der Waals surface area contributed by atoms with Gasteiger partial charge in [-0.05, 0) is 151 Å². The van der Waals surface area contributed by atoms with Crippen LogP contribution in [0.3, 0.4) is 0 Å². The number of amides is 3. The summed E-state index contributed by atoms with van der Waals surface area (Å²) in [5.41, 5.74) is 17.0. The highest BCUT2D eigenvalue weighted by atomic mass is 35.5. The Bertz CT molecular complexity index is 6860. The molecule has 3 aromatic carbocycles. The van der Waals surface area contributed by atoms with E-state index in [2.05, 4.69) is 52.9 Å². The van der Waals surface area contributed by atoms with Gasteiger partial charge >= 0.3 is 0 Å². The molecule has 732 valence electrons. The summed E-state index contributed by atoms with van der Waals surface area (Å²) in [7, 11) is 0. The molecule has 3 aliphatic rings. The van der Waals surface area contributed by atoms with Gasteiger partial charge in [-0.15, -0.1) is 0 Å². The Labute approximate surface area is 850 Å². The zero-order valence-electron chi connectivity index (χ0n) is 78.4. The molecule has 3 fully saturated rings. The highest BCUT2D eigenvalue weighted by Crippen LogP contribution is 2.51. The fourth-order valence-electron chi connectivity index (χ4n) is 18.8. The Morgan fingerprint density at radius 1 is 0.383 bits per heavy atom. The van der Waals surface area contributed by atoms with E-state index in [1.165, 1.54) is 50.1 Å². The van der Waals surface area contributed by atoms with Crippen LogP contribution in [-0.4, -0.2) is 152 Å². The molecule has 6 atom stereocenters. The lowest BCUT2D eigenvalue weighted by atomic mass is 10.0. The van der Waals surface area contributed by atoms with Gasteiger partial charge in [0.25, 0.3) is 16.7 Å². The highest BCUT2D eigenvalue weighted by molar-refractivity contribution is 6.45. The molecule has 141 heavy (non-hydrogen) atoms. The molecule has 0 unspecified atom stereocenters. The van der Waals surface area contributed by atoms with Crippen LogP contribution in [-0.2, 0) is 14.4 Å². The zero-order valence-corrected chi connectivity index (χ0v) is 85.2. The number of piperazine rings is 3. The maximum Gasteiger partial charge on any atom is 0.276 e. The lowest BCUT2D eigenvalue weighted by Gasteiger charge is -2.45. The third-order valence-corrected chi connectivity index (χ3v) is 28.0. The second-order valence-corrected chi connectivity index (χ2v) is 38.8. The van der Waals surface area contributed by atoms with Crippen molar-refractivity contribution < 1.29 is 40.7 Å². The maximum atomic E-state index is 14.9. The summed E-state index contributed by atoms with van der Waals surface area (Å²) in [4.78, 5) is 120. The molecule has 0 radical (unpaired) electrons. The fraction of sp³-hybridized carbons (Fsp3) is 0.303. The molecule has 12 aromatic rings. The number of anilines is 6. The number of nitrogens with two attached hydrogens (primary N) is 3. The van der Waals surface area contributed by atoms with Crippen molar-refractivity contribution in [2.75, 3.05) is 71.2 Å². The van der Waals surface area contributed by atoms with Gasteiger partial charge < -0.3 is 46.6 Å². The number of rotatable bonds is 15. The van der Waals surface area contributed by atoms with Gasteiger partial charge in [0.2, 0.25) is 17.7 Å². The summed E-state index contributed by atoms with van der Waals surface area (Å²) >= 11 is 58.5. The van der Waals surface area contributed by atoms with Crippen LogP contribution in [0.15, 0.2) is 107 Å². The first-order chi connectivity index (χ1) is 66.5. The Kier molecular flexibility index (Phi) is 31.0. The van der Waals surface area contributed by atoms with E-state index in [1.807, 2.05) is 97.8 Å². The van der Waals surface area contributed by atoms with Crippen LogP contribution < -0.4 is 48.6 Å². The number of aryl methyl sites for hydroxylation is 3. The monoisotopic (exact) mass is 2100 g/mol. The number of aromatic nitrogens is 9. The summed E-state index contributed by atoms with van der Waals surface area (Å²) < 4.78 is 92.0. The summed E-state index contributed by atoms with van der Waals surface area (Å²) in [6.45, 7) is 40.3. The van der Waals surface area contributed by atoms with E-state index in [4.69, 9.17) is 137 Å². The normalized spacial score (nSPS) is 16.6. The molecule has 0 aliphatic carbocycles. The summed E-state index contributed by atoms with van der Waals surface area (Å²) in [6.07, 6.45) is 8.59. The maximum absolute atomic E-state index is 14.9. The van der Waals surface area contributed by atoms with E-state index in [0.29, 0.717) is 67.0 Å². The van der Waals surface area contributed by atoms with Gasteiger partial charge in [0.05, 0.1) is 131 Å². The number of carbonyl (C=O) groups is 3. The van der Waals surface area contributed by atoms with Crippen LogP contribution in [0.25, 0.3) is 83.9 Å². The number of nitriles is 3. The topological polar surface area (TPSA) is 363 Å². The van der Waals surface area contributed by atoms with Crippen molar-refractivity contribution in [3.8, 4) is 69.0 Å². The van der Waals surface area contributed by atoms with Crippen LogP contribution in [0.4, 0.5) is 60.5 Å². The van der Waals surface area contributed by atoms with E-state index in [-0.39, 0.29) is 211 Å². The predicted molar refractivity (Wildman–Crippen MR) is 545 cm³/mol. The number of hydrogen-bond acceptors (Lipinski definition) is 21. The average molecular weight is 2100 g/mol. The summed E-state index contributed by atoms with van der Waals surface area (Å²) in [5, 5.41) is 28.8. The van der Waals surface area contributed by atoms with Crippen LogP contribution in [0.5, 0.6) is 0 Å². The minimum atomic E-state index is -1.44. The molecule has 9 aromatic heterocycles. The number of fused-ring (bicyclic) bond motifs is 3. The molecule has 0 bridgehead atoms. The van der Waals surface area contributed by atoms with Gasteiger partial charge in [0.15, 0.2) is 34.9 Å². The Morgan fingerprint density at radius 3 is 0.787 bits per heavy atom. The first-order valence-electron chi connectivity index (χ1n) is 43.9. The van der Waals surface area contributed by atoms with Gasteiger partial charge in [-0.25, -0.2) is 41.3 Å². The molecule has 42 heteroatoms. The van der Waals surface area contributed by atoms with E-state index in [1.54, 1.807) is 72.3 Å². The number of carbonyl (C=O) groups excluding carboxylic acids is 3. The Balaban J connectivity index is 0.000000178. The van der Waals surface area contributed by atoms with Gasteiger partial charge in [-0.3, -0.25) is 57.4 Å². The number of nitrogens with zero attached hydrogens (tertiary/aromatic N) is 18. The largest absolute Gasteiger partial charge is 0.395 e. The Morgan fingerprint density at radius 2 is 0.596 bits per heavy atom. The Hall–Kier alpha value is -12.7. The third-order valence-electron chi connectivity index (χ3n) is 24.9. The molecule has 27 nitrogen and oxygen atoms in total. The SMILES string of the molecule is C=CC(=O)N1[C@H](C)CN(c2c(C#N)c(=O)n(-c3c(C)ccnc3C(C)C)c3nc(-c4c(Cl)c(N)c(F)c(F)c4Cl)c(Cl)cc23)C[C@@H]1C.C=CC(=O)N1[C@H](C)CN(c2c(C#N)c(=O)n(-c3c(C)ccnc3C(C)C)c3nc(-c4c(Cl)c(N)c(F)c(F)c4Cl)c(Cl)cc23)C[C@@H]1C.C=CC(=O)N1[C@H](C)CN(c2c(C#N)c(=O)n(-c3c(C)ccnc3C(C)C)c3nc(-c4c(Cl)c(N)c(F)c(F)c4Cl)c(Cl)cc23)C[C@@H]1C. The van der Waals surface area contributed by atoms with Crippen LogP contribution in [0.1, 0.15) is 151 Å². The lowest BCUT2D eigenvalue weighted by Crippen LogP contribution is -2.58. The van der Waals surface area contributed by atoms with Gasteiger partial charge in [0, 0.05) is 127 Å². The molecule has 0 saturated carbocycles. The highest BCUT2D eigenvalue weighted by Gasteiger charge is 2.42. The number of pyridine rings is 9. The summed E-state index contributed by atoms with van der Waals surface area (Å²) in [5.74, 6) is -9.82. The molecule has 0 spiro atoms. The second kappa shape index (κ2) is 41.5. The molecule has 6 N–H and O–H groups in total. The minimum absolute atomic E-state index is 0.0294. The standard InChI is InChI=1S/3C33H30Cl3F2N7O2/c3*1-7-21(46)44-16(5)12-43(13-17(44)6)31-18-10-20(34)29(22-23(35)25(37)26(38)27(40)24(22)36)42-32(18)45(33(47)19(31)11-39)30-15(4)8-9-41-28(30)14(2)3/h3*7-10,14,16-17H,1,12-13,40H2,2-6H3/t3*16-,17+. The molecule has 3 aliphatic heterocycles. The van der Waals surface area contributed by atoms with Crippen LogP contribution in [0, 0.1) is 89.7 Å². The lowest BCUT2D eigenvalue weighted by molar-refractivity contribution is -0.131. The van der Waals surface area contributed by atoms with Crippen molar-refractivity contribution in [1.82, 2.24) is 58.3 Å². The van der Waals surface area contributed by atoms with Crippen molar-refractivity contribution in [3.63, 3.8) is 0 Å². The smallest absolute Gasteiger partial charge is 0.276 e. The van der Waals surface area contributed by atoms with Gasteiger partial charge in [-0.2, -0.15) is 15.8 Å². The van der Waals surface area contributed by atoms with E-state index < -0.39 is 98.8 Å².